The Hall–Kier alpha value is -8.77. The number of halogens is 1. The second kappa shape index (κ2) is 24.5. The number of aromatic nitrogens is 8. The van der Waals surface area contributed by atoms with Gasteiger partial charge in [0.15, 0.2) is 17.5 Å². The Balaban J connectivity index is 0.000000148. The number of carbonyl (C=O) groups is 2. The average molecular weight is 1060 g/mol. The summed E-state index contributed by atoms with van der Waals surface area (Å²) in [6.45, 7) is 13.4. The third-order valence-corrected chi connectivity index (χ3v) is 13.2. The first-order valence-electron chi connectivity index (χ1n) is 25.5. The van der Waals surface area contributed by atoms with E-state index in [1.807, 2.05) is 130 Å². The fourth-order valence-corrected chi connectivity index (χ4v) is 8.60. The number of esters is 2. The molecule has 1 aliphatic rings. The smallest absolute Gasteiger partial charge is 0.462 e. The predicted molar refractivity (Wildman–Crippen MR) is 304 cm³/mol. The topological polar surface area (TPSA) is 181 Å². The van der Waals surface area contributed by atoms with Crippen LogP contribution in [-0.2, 0) is 31.9 Å². The van der Waals surface area contributed by atoms with Crippen LogP contribution in [-0.4, -0.2) is 82.6 Å². The van der Waals surface area contributed by atoms with Crippen molar-refractivity contribution >= 4 is 58.8 Å². The van der Waals surface area contributed by atoms with Crippen LogP contribution in [0.2, 0.25) is 5.28 Å². The summed E-state index contributed by atoms with van der Waals surface area (Å²) in [5.74, 6) is 1.06. The maximum atomic E-state index is 12.2. The Kier molecular flexibility index (Phi) is 17.0. The summed E-state index contributed by atoms with van der Waals surface area (Å²) in [6.07, 6.45) is 10.1. The first kappa shape index (κ1) is 54.0. The lowest BCUT2D eigenvalue weighted by Gasteiger charge is -2.32. The summed E-state index contributed by atoms with van der Waals surface area (Å²) in [7, 11) is -0.526. The van der Waals surface area contributed by atoms with Crippen LogP contribution < -0.4 is 16.1 Å². The van der Waals surface area contributed by atoms with Gasteiger partial charge in [-0.15, -0.1) is 10.2 Å². The van der Waals surface area contributed by atoms with Crippen molar-refractivity contribution in [3.8, 4) is 33.6 Å². The Morgan fingerprint density at radius 2 is 1.01 bits per heavy atom. The van der Waals surface area contributed by atoms with Gasteiger partial charge in [-0.3, -0.25) is 9.97 Å². The summed E-state index contributed by atoms with van der Waals surface area (Å²) < 4.78 is 25.5. The average Bonchev–Trinajstić information content (AvgIpc) is 4.34. The van der Waals surface area contributed by atoms with Crippen LogP contribution in [0.5, 0.6) is 0 Å². The van der Waals surface area contributed by atoms with Crippen LogP contribution in [0.1, 0.15) is 73.4 Å². The second-order valence-corrected chi connectivity index (χ2v) is 19.3. The number of pyridine rings is 2. The number of anilines is 2. The van der Waals surface area contributed by atoms with Crippen molar-refractivity contribution in [2.75, 3.05) is 23.8 Å². The van der Waals surface area contributed by atoms with Gasteiger partial charge in [0.1, 0.15) is 11.0 Å². The van der Waals surface area contributed by atoms with Gasteiger partial charge in [-0.05, 0) is 99.7 Å². The Morgan fingerprint density at radius 1 is 0.564 bits per heavy atom. The molecule has 16 nitrogen and oxygen atoms in total. The summed E-state index contributed by atoms with van der Waals surface area (Å²) in [5, 5.41) is 16.1. The number of hydrogen-bond donors (Lipinski definition) is 2. The summed E-state index contributed by atoms with van der Waals surface area (Å²) >= 11 is 6.08. The standard InChI is InChI=1S/C27H23N5O2.C19H15ClN4.C14H20BNO4/c1-2-34-27(33)22-15-21(17-28-18-22)25-30-26(29-16-19-9-5-3-6-10-19)24-23(13-14-32(24)31-25)20-11-7-4-8-12-20;20-19-22-18(21-13-14-7-3-1-4-8-14)17-16(11-12-24(17)23-19)15-9-5-2-6-10-15;1-6-18-12(17)10-7-11(9-16-8-10)15-19-13(2,3)14(4,5)20-15/h3-15,17-18H,2,16H2,1H3,(H,29,30,31);1-12H,13H2,(H,21,22,23);7-9H,6H2,1-5H3. The van der Waals surface area contributed by atoms with Gasteiger partial charge in [0.25, 0.3) is 0 Å². The Labute approximate surface area is 458 Å². The highest BCUT2D eigenvalue weighted by Crippen LogP contribution is 2.37. The molecule has 78 heavy (non-hydrogen) atoms. The summed E-state index contributed by atoms with van der Waals surface area (Å²) in [5.41, 5.74) is 9.68. The van der Waals surface area contributed by atoms with Crippen molar-refractivity contribution in [2.45, 2.75) is 65.8 Å². The molecule has 18 heteroatoms. The minimum atomic E-state index is -0.526. The molecule has 0 radical (unpaired) electrons. The molecule has 1 aliphatic heterocycles. The molecule has 11 rings (SSSR count). The van der Waals surface area contributed by atoms with Crippen molar-refractivity contribution in [1.82, 2.24) is 39.2 Å². The van der Waals surface area contributed by atoms with Gasteiger partial charge < -0.3 is 29.4 Å². The van der Waals surface area contributed by atoms with Crippen LogP contribution in [0, 0.1) is 0 Å². The minimum absolute atomic E-state index is 0.216. The van der Waals surface area contributed by atoms with Gasteiger partial charge in [0.05, 0.1) is 35.5 Å². The molecular formula is C60H58BClN10O6. The quantitative estimate of drug-likeness (QED) is 0.0775. The lowest BCUT2D eigenvalue weighted by atomic mass is 9.80. The van der Waals surface area contributed by atoms with Crippen LogP contribution in [0.25, 0.3) is 44.7 Å². The van der Waals surface area contributed by atoms with E-state index in [0.29, 0.717) is 60.1 Å². The monoisotopic (exact) mass is 1060 g/mol. The van der Waals surface area contributed by atoms with Crippen molar-refractivity contribution in [3.05, 3.63) is 210 Å². The number of hydrogen-bond acceptors (Lipinski definition) is 14. The largest absolute Gasteiger partial charge is 0.496 e. The zero-order valence-electron chi connectivity index (χ0n) is 44.1. The highest BCUT2D eigenvalue weighted by atomic mass is 35.5. The molecule has 394 valence electrons. The van der Waals surface area contributed by atoms with E-state index in [1.165, 1.54) is 18.0 Å². The zero-order valence-corrected chi connectivity index (χ0v) is 44.9. The van der Waals surface area contributed by atoms with E-state index in [2.05, 4.69) is 79.2 Å². The van der Waals surface area contributed by atoms with E-state index in [-0.39, 0.29) is 5.28 Å². The maximum Gasteiger partial charge on any atom is 0.496 e. The number of fused-ring (bicyclic) bond motifs is 2. The third kappa shape index (κ3) is 12.7. The molecule has 0 bridgehead atoms. The molecule has 1 fully saturated rings. The highest BCUT2D eigenvalue weighted by molar-refractivity contribution is 6.62. The number of carbonyl (C=O) groups excluding carboxylic acids is 2. The molecule has 0 atom stereocenters. The van der Waals surface area contributed by atoms with Crippen LogP contribution >= 0.6 is 11.6 Å². The van der Waals surface area contributed by atoms with E-state index in [4.69, 9.17) is 40.5 Å². The van der Waals surface area contributed by atoms with Crippen molar-refractivity contribution in [2.24, 2.45) is 0 Å². The van der Waals surface area contributed by atoms with Crippen molar-refractivity contribution in [3.63, 3.8) is 0 Å². The van der Waals surface area contributed by atoms with Gasteiger partial charge in [-0.2, -0.15) is 4.98 Å². The van der Waals surface area contributed by atoms with Crippen molar-refractivity contribution < 1.29 is 28.4 Å². The lowest BCUT2D eigenvalue weighted by Crippen LogP contribution is -2.41. The number of nitrogens with zero attached hydrogens (tertiary/aromatic N) is 8. The minimum Gasteiger partial charge on any atom is -0.462 e. The first-order valence-corrected chi connectivity index (χ1v) is 25.9. The van der Waals surface area contributed by atoms with Crippen LogP contribution in [0.15, 0.2) is 183 Å². The van der Waals surface area contributed by atoms with Gasteiger partial charge in [-0.1, -0.05) is 121 Å². The molecule has 4 aromatic carbocycles. The van der Waals surface area contributed by atoms with E-state index in [0.717, 1.165) is 44.7 Å². The van der Waals surface area contributed by atoms with E-state index in [1.54, 1.807) is 42.9 Å². The summed E-state index contributed by atoms with van der Waals surface area (Å²) in [4.78, 5) is 41.5. The van der Waals surface area contributed by atoms with Crippen LogP contribution in [0.3, 0.4) is 0 Å². The zero-order chi connectivity index (χ0) is 54.7. The van der Waals surface area contributed by atoms with E-state index >= 15 is 0 Å². The number of benzene rings is 4. The van der Waals surface area contributed by atoms with Gasteiger partial charge in [0.2, 0.25) is 5.28 Å². The lowest BCUT2D eigenvalue weighted by molar-refractivity contribution is 0.00578. The SMILES string of the molecule is CCOC(=O)c1cncc(-c2nc(NCc3ccccc3)c3c(-c4ccccc4)ccn3n2)c1.CCOC(=O)c1cncc(B2OC(C)(C)C(C)(C)O2)c1.Clc1nc(NCc2ccccc2)c2c(-c3ccccc3)ccn2n1. The van der Waals surface area contributed by atoms with Crippen molar-refractivity contribution in [1.29, 1.82) is 0 Å². The molecule has 10 aromatic rings. The highest BCUT2D eigenvalue weighted by Gasteiger charge is 2.52. The first-order chi connectivity index (χ1) is 37.8. The molecule has 7 heterocycles. The van der Waals surface area contributed by atoms with Gasteiger partial charge in [0, 0.05) is 72.4 Å². The molecule has 0 saturated carbocycles. The molecule has 1 saturated heterocycles. The summed E-state index contributed by atoms with van der Waals surface area (Å²) in [6, 6.07) is 48.1. The Morgan fingerprint density at radius 3 is 1.51 bits per heavy atom. The molecule has 0 amide bonds. The fourth-order valence-electron chi connectivity index (χ4n) is 8.44. The Bertz CT molecular complexity index is 3630. The number of rotatable bonds is 14. The van der Waals surface area contributed by atoms with E-state index < -0.39 is 30.3 Å². The predicted octanol–water partition coefficient (Wildman–Crippen LogP) is 11.5. The number of nitrogens with one attached hydrogen (secondary N) is 2. The van der Waals surface area contributed by atoms with Crippen LogP contribution in [0.4, 0.5) is 11.6 Å². The molecule has 2 N–H and O–H groups in total. The molecular weight excluding hydrogens is 1000 g/mol. The second-order valence-electron chi connectivity index (χ2n) is 19.0. The fraction of sp³-hybridized carbons (Fsp3) is 0.200. The molecule has 6 aromatic heterocycles. The van der Waals surface area contributed by atoms with Gasteiger partial charge >= 0.3 is 19.1 Å². The molecule has 0 spiro atoms. The van der Waals surface area contributed by atoms with E-state index in [9.17, 15) is 9.59 Å². The van der Waals surface area contributed by atoms with Gasteiger partial charge in [-0.25, -0.2) is 23.6 Å². The molecule has 0 aliphatic carbocycles. The number of ether oxygens (including phenoxy) is 2. The molecule has 0 unspecified atom stereocenters. The normalized spacial score (nSPS) is 13.2. The third-order valence-electron chi connectivity index (χ3n) is 13.1. The maximum absolute atomic E-state index is 12.2.